The van der Waals surface area contributed by atoms with Gasteiger partial charge in [0.1, 0.15) is 11.0 Å². The van der Waals surface area contributed by atoms with Crippen molar-refractivity contribution in [3.05, 3.63) is 46.5 Å². The van der Waals surface area contributed by atoms with Gasteiger partial charge in [-0.25, -0.2) is 4.79 Å². The minimum atomic E-state index is -0.350. The van der Waals surface area contributed by atoms with Crippen LogP contribution in [0.5, 0.6) is 0 Å². The molecule has 0 aliphatic carbocycles. The third kappa shape index (κ3) is 1.09. The van der Waals surface area contributed by atoms with Crippen molar-refractivity contribution in [1.29, 1.82) is 0 Å². The second-order valence-electron chi connectivity index (χ2n) is 3.55. The third-order valence-electron chi connectivity index (χ3n) is 2.47. The molecule has 3 heteroatoms. The lowest BCUT2D eigenvalue weighted by Gasteiger charge is -1.98. The molecule has 0 spiro atoms. The summed E-state index contributed by atoms with van der Waals surface area (Å²) in [6.07, 6.45) is 1.50. The van der Waals surface area contributed by atoms with Gasteiger partial charge in [0, 0.05) is 0 Å². The van der Waals surface area contributed by atoms with E-state index in [2.05, 4.69) is 0 Å². The normalized spacial score (nSPS) is 11.3. The summed E-state index contributed by atoms with van der Waals surface area (Å²) in [5, 5.41) is 1.33. The van der Waals surface area contributed by atoms with E-state index in [0.717, 1.165) is 10.9 Å². The second-order valence-corrected chi connectivity index (χ2v) is 3.55. The molecule has 0 N–H and O–H groups in total. The molecule has 0 atom stereocenters. The summed E-state index contributed by atoms with van der Waals surface area (Å²) in [5.41, 5.74) is 1.87. The van der Waals surface area contributed by atoms with Gasteiger partial charge in [0.15, 0.2) is 5.58 Å². The lowest BCUT2D eigenvalue weighted by molar-refractivity contribution is 0.564. The van der Waals surface area contributed by atoms with Crippen molar-refractivity contribution in [2.45, 2.75) is 6.92 Å². The first-order valence-corrected chi connectivity index (χ1v) is 4.66. The molecular weight excluding hydrogens is 192 g/mol. The van der Waals surface area contributed by atoms with E-state index in [9.17, 15) is 4.79 Å². The molecule has 3 nitrogen and oxygen atoms in total. The summed E-state index contributed by atoms with van der Waals surface area (Å²) in [6.45, 7) is 1.95. The lowest BCUT2D eigenvalue weighted by atomic mass is 10.1. The van der Waals surface area contributed by atoms with Crippen molar-refractivity contribution in [3.63, 3.8) is 0 Å². The Balaban J connectivity index is 2.66. The molecule has 2 heterocycles. The Morgan fingerprint density at radius 2 is 2.00 bits per heavy atom. The van der Waals surface area contributed by atoms with E-state index in [1.54, 1.807) is 6.07 Å². The highest BCUT2D eigenvalue weighted by Crippen LogP contribution is 2.23. The van der Waals surface area contributed by atoms with Gasteiger partial charge >= 0.3 is 5.63 Å². The van der Waals surface area contributed by atoms with Gasteiger partial charge in [-0.15, -0.1) is 0 Å². The van der Waals surface area contributed by atoms with E-state index in [1.807, 2.05) is 25.1 Å². The molecule has 0 fully saturated rings. The molecule has 15 heavy (non-hydrogen) atoms. The van der Waals surface area contributed by atoms with E-state index in [-0.39, 0.29) is 5.63 Å². The van der Waals surface area contributed by atoms with Gasteiger partial charge in [-0.05, 0) is 30.7 Å². The van der Waals surface area contributed by atoms with Crippen LogP contribution in [0.2, 0.25) is 0 Å². The number of benzene rings is 1. The maximum Gasteiger partial charge on any atom is 0.347 e. The number of rotatable bonds is 0. The van der Waals surface area contributed by atoms with Crippen molar-refractivity contribution in [2.75, 3.05) is 0 Å². The zero-order valence-electron chi connectivity index (χ0n) is 8.11. The molecule has 0 aliphatic heterocycles. The molecule has 0 saturated carbocycles. The summed E-state index contributed by atoms with van der Waals surface area (Å²) >= 11 is 0. The topological polar surface area (TPSA) is 43.4 Å². The Morgan fingerprint density at radius 1 is 1.13 bits per heavy atom. The SMILES string of the molecule is Cc1ccc2c(c1)oc(=O)c1ccoc12. The smallest absolute Gasteiger partial charge is 0.347 e. The molecular formula is C12H8O3. The van der Waals surface area contributed by atoms with Crippen LogP contribution in [0.25, 0.3) is 21.9 Å². The molecule has 1 aromatic carbocycles. The quantitative estimate of drug-likeness (QED) is 0.524. The Morgan fingerprint density at radius 3 is 2.87 bits per heavy atom. The Labute approximate surface area is 84.9 Å². The Hall–Kier alpha value is -2.03. The van der Waals surface area contributed by atoms with Crippen molar-refractivity contribution in [3.8, 4) is 0 Å². The van der Waals surface area contributed by atoms with Crippen LogP contribution in [-0.4, -0.2) is 0 Å². The number of fused-ring (bicyclic) bond motifs is 3. The van der Waals surface area contributed by atoms with Crippen molar-refractivity contribution < 1.29 is 8.83 Å². The highest BCUT2D eigenvalue weighted by atomic mass is 16.4. The van der Waals surface area contributed by atoms with Gasteiger partial charge in [-0.1, -0.05) is 6.07 Å². The molecule has 3 aromatic rings. The van der Waals surface area contributed by atoms with Crippen LogP contribution in [0, 0.1) is 6.92 Å². The molecule has 0 radical (unpaired) electrons. The predicted molar refractivity (Wildman–Crippen MR) is 57.0 cm³/mol. The Bertz CT molecular complexity index is 704. The fourth-order valence-electron chi connectivity index (χ4n) is 1.74. The zero-order chi connectivity index (χ0) is 10.4. The van der Waals surface area contributed by atoms with Gasteiger partial charge in [0.05, 0.1) is 11.6 Å². The highest BCUT2D eigenvalue weighted by molar-refractivity contribution is 6.00. The summed E-state index contributed by atoms with van der Waals surface area (Å²) in [5.74, 6) is 0. The van der Waals surface area contributed by atoms with Crippen LogP contribution in [0.4, 0.5) is 0 Å². The van der Waals surface area contributed by atoms with Gasteiger partial charge in [-0.2, -0.15) is 0 Å². The predicted octanol–water partition coefficient (Wildman–Crippen LogP) is 2.85. The highest BCUT2D eigenvalue weighted by Gasteiger charge is 2.09. The largest absolute Gasteiger partial charge is 0.463 e. The van der Waals surface area contributed by atoms with Crippen molar-refractivity contribution in [2.24, 2.45) is 0 Å². The van der Waals surface area contributed by atoms with E-state index < -0.39 is 0 Å². The Kier molecular flexibility index (Phi) is 1.51. The lowest BCUT2D eigenvalue weighted by Crippen LogP contribution is -1.97. The minimum absolute atomic E-state index is 0.350. The summed E-state index contributed by atoms with van der Waals surface area (Å²) < 4.78 is 10.5. The first-order valence-electron chi connectivity index (χ1n) is 4.66. The molecule has 0 bridgehead atoms. The van der Waals surface area contributed by atoms with Gasteiger partial charge < -0.3 is 8.83 Å². The van der Waals surface area contributed by atoms with Crippen LogP contribution in [-0.2, 0) is 0 Å². The van der Waals surface area contributed by atoms with Crippen LogP contribution >= 0.6 is 0 Å². The first-order chi connectivity index (χ1) is 7.25. The minimum Gasteiger partial charge on any atom is -0.463 e. The standard InChI is InChI=1S/C12H8O3/c1-7-2-3-8-10(6-7)15-12(13)9-4-5-14-11(8)9/h2-6H,1H3. The van der Waals surface area contributed by atoms with Crippen molar-refractivity contribution >= 4 is 21.9 Å². The van der Waals surface area contributed by atoms with Crippen LogP contribution in [0.1, 0.15) is 5.56 Å². The number of aryl methyl sites for hydroxylation is 1. The van der Waals surface area contributed by atoms with E-state index >= 15 is 0 Å². The van der Waals surface area contributed by atoms with Crippen LogP contribution in [0.3, 0.4) is 0 Å². The molecule has 0 amide bonds. The average Bonchev–Trinajstić information content (AvgIpc) is 2.66. The maximum atomic E-state index is 11.5. The van der Waals surface area contributed by atoms with Crippen LogP contribution < -0.4 is 5.63 Å². The molecule has 3 rings (SSSR count). The first kappa shape index (κ1) is 8.29. The number of hydrogen-bond donors (Lipinski definition) is 0. The fourth-order valence-corrected chi connectivity index (χ4v) is 1.74. The van der Waals surface area contributed by atoms with Gasteiger partial charge in [0.2, 0.25) is 0 Å². The molecule has 2 aromatic heterocycles. The molecule has 74 valence electrons. The zero-order valence-corrected chi connectivity index (χ0v) is 8.11. The second kappa shape index (κ2) is 2.73. The molecule has 0 saturated heterocycles. The summed E-state index contributed by atoms with van der Waals surface area (Å²) in [4.78, 5) is 11.5. The monoisotopic (exact) mass is 200 g/mol. The maximum absolute atomic E-state index is 11.5. The molecule has 0 aliphatic rings. The third-order valence-corrected chi connectivity index (χ3v) is 2.47. The van der Waals surface area contributed by atoms with Crippen molar-refractivity contribution in [1.82, 2.24) is 0 Å². The van der Waals surface area contributed by atoms with E-state index in [1.165, 1.54) is 6.26 Å². The number of furan rings is 1. The number of hydrogen-bond acceptors (Lipinski definition) is 3. The average molecular weight is 200 g/mol. The summed E-state index contributed by atoms with van der Waals surface area (Å²) in [7, 11) is 0. The fraction of sp³-hybridized carbons (Fsp3) is 0.0833. The van der Waals surface area contributed by atoms with Gasteiger partial charge in [-0.3, -0.25) is 0 Å². The summed E-state index contributed by atoms with van der Waals surface area (Å²) in [6, 6.07) is 7.32. The van der Waals surface area contributed by atoms with Gasteiger partial charge in [0.25, 0.3) is 0 Å². The van der Waals surface area contributed by atoms with E-state index in [4.69, 9.17) is 8.83 Å². The van der Waals surface area contributed by atoms with Crippen LogP contribution in [0.15, 0.2) is 44.2 Å². The van der Waals surface area contributed by atoms with E-state index in [0.29, 0.717) is 16.6 Å². The molecule has 0 unspecified atom stereocenters.